The smallest absolute Gasteiger partial charge is 0.0606 e. The summed E-state index contributed by atoms with van der Waals surface area (Å²) < 4.78 is 1.03. The van der Waals surface area contributed by atoms with E-state index in [1.54, 1.807) is 0 Å². The molecule has 3 N–H and O–H groups in total. The Morgan fingerprint density at radius 2 is 2.06 bits per heavy atom. The molecule has 0 amide bonds. The first-order chi connectivity index (χ1) is 7.71. The van der Waals surface area contributed by atoms with Gasteiger partial charge in [-0.2, -0.15) is 0 Å². The van der Waals surface area contributed by atoms with Crippen LogP contribution in [0.2, 0.25) is 0 Å². The van der Waals surface area contributed by atoms with Crippen LogP contribution in [0.3, 0.4) is 0 Å². The van der Waals surface area contributed by atoms with E-state index in [9.17, 15) is 0 Å². The van der Waals surface area contributed by atoms with Gasteiger partial charge in [0, 0.05) is 29.8 Å². The molecule has 0 aliphatic rings. The van der Waals surface area contributed by atoms with Crippen molar-refractivity contribution in [2.24, 2.45) is 5.73 Å². The van der Waals surface area contributed by atoms with Gasteiger partial charge in [0.05, 0.1) is 6.61 Å². The second-order valence-electron chi connectivity index (χ2n) is 3.73. The Hall–Kier alpha value is -0.580. The number of aliphatic hydroxyl groups excluding tert-OH is 1. The summed E-state index contributed by atoms with van der Waals surface area (Å²) in [4.78, 5) is 2.17. The van der Waals surface area contributed by atoms with Crippen LogP contribution in [0.1, 0.15) is 18.9 Å². The molecule has 0 radical (unpaired) electrons. The molecule has 0 spiro atoms. The van der Waals surface area contributed by atoms with Crippen molar-refractivity contribution in [1.29, 1.82) is 0 Å². The van der Waals surface area contributed by atoms with Crippen molar-refractivity contribution >= 4 is 21.6 Å². The number of hydrogen-bond acceptors (Lipinski definition) is 3. The summed E-state index contributed by atoms with van der Waals surface area (Å²) in [7, 11) is 0. The SMILES string of the molecule is CCCN(CCO)c1cc(Br)cc(CN)c1. The van der Waals surface area contributed by atoms with Crippen molar-refractivity contribution in [2.45, 2.75) is 19.9 Å². The second kappa shape index (κ2) is 6.89. The van der Waals surface area contributed by atoms with E-state index < -0.39 is 0 Å². The highest BCUT2D eigenvalue weighted by molar-refractivity contribution is 9.10. The van der Waals surface area contributed by atoms with Gasteiger partial charge in [-0.05, 0) is 30.2 Å². The summed E-state index contributed by atoms with van der Waals surface area (Å²) in [5, 5.41) is 9.04. The van der Waals surface area contributed by atoms with Gasteiger partial charge in [-0.3, -0.25) is 0 Å². The van der Waals surface area contributed by atoms with E-state index in [2.05, 4.69) is 39.9 Å². The average molecular weight is 287 g/mol. The summed E-state index contributed by atoms with van der Waals surface area (Å²) in [5.74, 6) is 0. The zero-order chi connectivity index (χ0) is 12.0. The van der Waals surface area contributed by atoms with Gasteiger partial charge in [0.2, 0.25) is 0 Å². The van der Waals surface area contributed by atoms with E-state index in [1.165, 1.54) is 0 Å². The number of hydrogen-bond donors (Lipinski definition) is 2. The van der Waals surface area contributed by atoms with E-state index in [0.717, 1.165) is 28.7 Å². The fourth-order valence-corrected chi connectivity index (χ4v) is 2.22. The Morgan fingerprint density at radius 3 is 2.62 bits per heavy atom. The first kappa shape index (κ1) is 13.5. The van der Waals surface area contributed by atoms with Gasteiger partial charge in [-0.15, -0.1) is 0 Å². The molecule has 0 aliphatic carbocycles. The first-order valence-corrected chi connectivity index (χ1v) is 6.36. The Morgan fingerprint density at radius 1 is 1.31 bits per heavy atom. The molecule has 1 aromatic rings. The third-order valence-corrected chi connectivity index (χ3v) is 2.86. The standard InChI is InChI=1S/C12H19BrN2O/c1-2-3-15(4-5-16)12-7-10(9-14)6-11(13)8-12/h6-8,16H,2-5,9,14H2,1H3. The lowest BCUT2D eigenvalue weighted by Crippen LogP contribution is -2.27. The third-order valence-electron chi connectivity index (χ3n) is 2.41. The molecule has 3 nitrogen and oxygen atoms in total. The highest BCUT2D eigenvalue weighted by atomic mass is 79.9. The minimum atomic E-state index is 0.171. The minimum Gasteiger partial charge on any atom is -0.395 e. The molecule has 0 saturated carbocycles. The van der Waals surface area contributed by atoms with Gasteiger partial charge in [0.15, 0.2) is 0 Å². The van der Waals surface area contributed by atoms with Crippen LogP contribution < -0.4 is 10.6 Å². The van der Waals surface area contributed by atoms with Gasteiger partial charge >= 0.3 is 0 Å². The lowest BCUT2D eigenvalue weighted by Gasteiger charge is -2.24. The zero-order valence-electron chi connectivity index (χ0n) is 9.62. The zero-order valence-corrected chi connectivity index (χ0v) is 11.2. The molecule has 4 heteroatoms. The summed E-state index contributed by atoms with van der Waals surface area (Å²) in [5.41, 5.74) is 7.86. The molecule has 1 aromatic carbocycles. The molecular weight excluding hydrogens is 268 g/mol. The van der Waals surface area contributed by atoms with E-state index in [0.29, 0.717) is 13.1 Å². The topological polar surface area (TPSA) is 49.5 Å². The van der Waals surface area contributed by atoms with Crippen molar-refractivity contribution in [3.8, 4) is 0 Å². The highest BCUT2D eigenvalue weighted by Gasteiger charge is 2.06. The van der Waals surface area contributed by atoms with Crippen molar-refractivity contribution in [3.63, 3.8) is 0 Å². The van der Waals surface area contributed by atoms with E-state index >= 15 is 0 Å². The van der Waals surface area contributed by atoms with Gasteiger partial charge in [0.1, 0.15) is 0 Å². The van der Waals surface area contributed by atoms with Crippen LogP contribution in [0.25, 0.3) is 0 Å². The maximum atomic E-state index is 9.04. The molecule has 0 atom stereocenters. The van der Waals surface area contributed by atoms with Crippen molar-refractivity contribution in [1.82, 2.24) is 0 Å². The monoisotopic (exact) mass is 286 g/mol. The van der Waals surface area contributed by atoms with Gasteiger partial charge in [0.25, 0.3) is 0 Å². The highest BCUT2D eigenvalue weighted by Crippen LogP contribution is 2.23. The predicted molar refractivity (Wildman–Crippen MR) is 71.6 cm³/mol. The second-order valence-corrected chi connectivity index (χ2v) is 4.65. The summed E-state index contributed by atoms with van der Waals surface area (Å²) in [6.07, 6.45) is 1.06. The van der Waals surface area contributed by atoms with E-state index in [-0.39, 0.29) is 6.61 Å². The number of halogens is 1. The van der Waals surface area contributed by atoms with Crippen LogP contribution in [-0.4, -0.2) is 24.8 Å². The normalized spacial score (nSPS) is 10.5. The molecule has 0 bridgehead atoms. The first-order valence-electron chi connectivity index (χ1n) is 5.56. The summed E-state index contributed by atoms with van der Waals surface area (Å²) in [6.45, 7) is 4.44. The molecule has 0 saturated heterocycles. The van der Waals surface area contributed by atoms with E-state index in [1.807, 2.05) is 6.07 Å². The number of rotatable bonds is 6. The van der Waals surface area contributed by atoms with Crippen LogP contribution in [-0.2, 0) is 6.54 Å². The lowest BCUT2D eigenvalue weighted by atomic mass is 10.2. The fourth-order valence-electron chi connectivity index (χ4n) is 1.69. The number of anilines is 1. The lowest BCUT2D eigenvalue weighted by molar-refractivity contribution is 0.302. The number of nitrogens with two attached hydrogens (primary N) is 1. The molecule has 0 aromatic heterocycles. The summed E-state index contributed by atoms with van der Waals surface area (Å²) >= 11 is 3.48. The van der Waals surface area contributed by atoms with Crippen molar-refractivity contribution in [2.75, 3.05) is 24.6 Å². The summed E-state index contributed by atoms with van der Waals surface area (Å²) in [6, 6.07) is 6.16. The minimum absolute atomic E-state index is 0.171. The molecule has 90 valence electrons. The van der Waals surface area contributed by atoms with Crippen LogP contribution in [0.4, 0.5) is 5.69 Å². The number of benzene rings is 1. The largest absolute Gasteiger partial charge is 0.395 e. The number of aliphatic hydroxyl groups is 1. The molecule has 1 rings (SSSR count). The average Bonchev–Trinajstić information content (AvgIpc) is 2.28. The van der Waals surface area contributed by atoms with Crippen LogP contribution in [0.15, 0.2) is 22.7 Å². The molecular formula is C12H19BrN2O. The van der Waals surface area contributed by atoms with Gasteiger partial charge in [-0.1, -0.05) is 22.9 Å². The maximum absolute atomic E-state index is 9.04. The van der Waals surface area contributed by atoms with Crippen LogP contribution >= 0.6 is 15.9 Å². The van der Waals surface area contributed by atoms with Crippen LogP contribution in [0.5, 0.6) is 0 Å². The number of nitrogens with zero attached hydrogens (tertiary/aromatic N) is 1. The van der Waals surface area contributed by atoms with Crippen molar-refractivity contribution < 1.29 is 5.11 Å². The molecule has 0 heterocycles. The maximum Gasteiger partial charge on any atom is 0.0606 e. The molecule has 0 fully saturated rings. The Kier molecular flexibility index (Phi) is 5.80. The fraction of sp³-hybridized carbons (Fsp3) is 0.500. The van der Waals surface area contributed by atoms with Crippen LogP contribution in [0, 0.1) is 0 Å². The Bertz CT molecular complexity index is 325. The molecule has 0 unspecified atom stereocenters. The van der Waals surface area contributed by atoms with Gasteiger partial charge < -0.3 is 15.7 Å². The van der Waals surface area contributed by atoms with E-state index in [4.69, 9.17) is 10.8 Å². The molecule has 0 aliphatic heterocycles. The molecule has 16 heavy (non-hydrogen) atoms. The predicted octanol–water partition coefficient (Wildman–Crippen LogP) is 2.12. The third kappa shape index (κ3) is 3.77. The van der Waals surface area contributed by atoms with Gasteiger partial charge in [-0.25, -0.2) is 0 Å². The Balaban J connectivity index is 2.93. The van der Waals surface area contributed by atoms with Crippen molar-refractivity contribution in [3.05, 3.63) is 28.2 Å². The quantitative estimate of drug-likeness (QED) is 0.842. The Labute approximate surface area is 105 Å².